The van der Waals surface area contributed by atoms with E-state index in [1.165, 1.54) is 12.1 Å². The lowest BCUT2D eigenvalue weighted by Gasteiger charge is -2.34. The van der Waals surface area contributed by atoms with Gasteiger partial charge < -0.3 is 10.5 Å². The van der Waals surface area contributed by atoms with E-state index in [2.05, 4.69) is 0 Å². The van der Waals surface area contributed by atoms with Crippen LogP contribution in [-0.2, 0) is 0 Å². The van der Waals surface area contributed by atoms with Crippen molar-refractivity contribution in [3.63, 3.8) is 0 Å². The SMILES string of the molecule is N#Cc1ccc(OC2CC(CN)C2)cc1[N+](=O)[O-]. The van der Waals surface area contributed by atoms with Gasteiger partial charge in [-0.05, 0) is 37.4 Å². The van der Waals surface area contributed by atoms with Crippen LogP contribution in [0.25, 0.3) is 0 Å². The Morgan fingerprint density at radius 1 is 1.56 bits per heavy atom. The molecule has 2 N–H and O–H groups in total. The summed E-state index contributed by atoms with van der Waals surface area (Å²) in [6.45, 7) is 0.646. The van der Waals surface area contributed by atoms with E-state index in [-0.39, 0.29) is 17.4 Å². The molecule has 2 rings (SSSR count). The molecule has 1 aromatic carbocycles. The number of nitrogens with zero attached hydrogens (tertiary/aromatic N) is 2. The Bertz CT molecular complexity index is 504. The van der Waals surface area contributed by atoms with Gasteiger partial charge in [0.15, 0.2) is 0 Å². The van der Waals surface area contributed by atoms with Gasteiger partial charge in [0.05, 0.1) is 17.1 Å². The van der Waals surface area contributed by atoms with Crippen LogP contribution in [0.2, 0.25) is 0 Å². The molecule has 0 amide bonds. The van der Waals surface area contributed by atoms with E-state index in [1.54, 1.807) is 12.1 Å². The van der Waals surface area contributed by atoms with E-state index in [4.69, 9.17) is 15.7 Å². The highest BCUT2D eigenvalue weighted by Gasteiger charge is 2.30. The summed E-state index contributed by atoms with van der Waals surface area (Å²) in [7, 11) is 0. The zero-order chi connectivity index (χ0) is 13.1. The summed E-state index contributed by atoms with van der Waals surface area (Å²) in [5.74, 6) is 0.921. The van der Waals surface area contributed by atoms with Crippen LogP contribution in [0.5, 0.6) is 5.75 Å². The average molecular weight is 247 g/mol. The highest BCUT2D eigenvalue weighted by Crippen LogP contribution is 2.32. The van der Waals surface area contributed by atoms with E-state index >= 15 is 0 Å². The average Bonchev–Trinajstić information content (AvgIpc) is 2.32. The number of nitro groups is 1. The van der Waals surface area contributed by atoms with Gasteiger partial charge in [0.25, 0.3) is 5.69 Å². The predicted octanol–water partition coefficient (Wildman–Crippen LogP) is 1.58. The third-order valence-corrected chi connectivity index (χ3v) is 3.11. The van der Waals surface area contributed by atoms with Crippen LogP contribution < -0.4 is 10.5 Å². The van der Waals surface area contributed by atoms with Crippen LogP contribution >= 0.6 is 0 Å². The topological polar surface area (TPSA) is 102 Å². The van der Waals surface area contributed by atoms with Gasteiger partial charge in [-0.25, -0.2) is 0 Å². The summed E-state index contributed by atoms with van der Waals surface area (Å²) in [5, 5.41) is 19.5. The Balaban J connectivity index is 2.09. The molecule has 94 valence electrons. The van der Waals surface area contributed by atoms with Crippen LogP contribution in [0.1, 0.15) is 18.4 Å². The first-order valence-corrected chi connectivity index (χ1v) is 5.69. The smallest absolute Gasteiger partial charge is 0.290 e. The first-order chi connectivity index (χ1) is 8.63. The fraction of sp³-hybridized carbons (Fsp3) is 0.417. The zero-order valence-electron chi connectivity index (χ0n) is 9.70. The second kappa shape index (κ2) is 5.02. The minimum absolute atomic E-state index is 0.0424. The molecule has 0 unspecified atom stereocenters. The van der Waals surface area contributed by atoms with Gasteiger partial charge in [-0.3, -0.25) is 10.1 Å². The van der Waals surface area contributed by atoms with Crippen molar-refractivity contribution in [2.45, 2.75) is 18.9 Å². The molecule has 0 atom stereocenters. The number of hydrogen-bond donors (Lipinski definition) is 1. The fourth-order valence-corrected chi connectivity index (χ4v) is 1.99. The normalized spacial score (nSPS) is 21.8. The lowest BCUT2D eigenvalue weighted by Crippen LogP contribution is -2.37. The number of ether oxygens (including phenoxy) is 1. The Hall–Kier alpha value is -2.13. The van der Waals surface area contributed by atoms with Gasteiger partial charge in [0.2, 0.25) is 0 Å². The first kappa shape index (κ1) is 12.3. The molecule has 0 aromatic heterocycles. The zero-order valence-corrected chi connectivity index (χ0v) is 9.70. The molecule has 0 spiro atoms. The maximum absolute atomic E-state index is 10.8. The molecule has 1 aliphatic rings. The molecular weight excluding hydrogens is 234 g/mol. The Morgan fingerprint density at radius 2 is 2.28 bits per heavy atom. The van der Waals surface area contributed by atoms with E-state index in [1.807, 2.05) is 0 Å². The van der Waals surface area contributed by atoms with Crippen molar-refractivity contribution in [1.29, 1.82) is 5.26 Å². The lowest BCUT2D eigenvalue weighted by atomic mass is 9.82. The third-order valence-electron chi connectivity index (χ3n) is 3.11. The van der Waals surface area contributed by atoms with Crippen LogP contribution in [0.15, 0.2) is 18.2 Å². The summed E-state index contributed by atoms with van der Waals surface area (Å²) >= 11 is 0. The molecule has 1 aliphatic carbocycles. The van der Waals surface area contributed by atoms with Crippen LogP contribution in [-0.4, -0.2) is 17.6 Å². The van der Waals surface area contributed by atoms with E-state index in [9.17, 15) is 10.1 Å². The Labute approximate surface area is 104 Å². The molecule has 0 aliphatic heterocycles. The van der Waals surface area contributed by atoms with Crippen LogP contribution in [0.4, 0.5) is 5.69 Å². The summed E-state index contributed by atoms with van der Waals surface area (Å²) < 4.78 is 5.60. The third kappa shape index (κ3) is 2.41. The summed E-state index contributed by atoms with van der Waals surface area (Å²) in [5.41, 5.74) is 5.33. The van der Waals surface area contributed by atoms with Crippen LogP contribution in [0, 0.1) is 27.4 Å². The Morgan fingerprint density at radius 3 is 2.83 bits per heavy atom. The number of rotatable bonds is 4. The van der Waals surface area contributed by atoms with Gasteiger partial charge in [-0.2, -0.15) is 5.26 Å². The van der Waals surface area contributed by atoms with Crippen molar-refractivity contribution < 1.29 is 9.66 Å². The number of hydrogen-bond acceptors (Lipinski definition) is 5. The summed E-state index contributed by atoms with van der Waals surface area (Å²) in [6.07, 6.45) is 1.83. The quantitative estimate of drug-likeness (QED) is 0.642. The van der Waals surface area contributed by atoms with Crippen LogP contribution in [0.3, 0.4) is 0 Å². The van der Waals surface area contributed by atoms with Gasteiger partial charge in [0, 0.05) is 0 Å². The van der Waals surface area contributed by atoms with Gasteiger partial charge in [-0.15, -0.1) is 0 Å². The largest absolute Gasteiger partial charge is 0.490 e. The van der Waals surface area contributed by atoms with Crippen molar-refractivity contribution in [3.05, 3.63) is 33.9 Å². The number of benzene rings is 1. The standard InChI is InChI=1S/C12H13N3O3/c13-6-8-3-11(4-8)18-10-2-1-9(7-14)12(5-10)15(16)17/h1-2,5,8,11H,3-4,6,13H2. The minimum atomic E-state index is -0.575. The second-order valence-corrected chi connectivity index (χ2v) is 4.36. The predicted molar refractivity (Wildman–Crippen MR) is 64.0 cm³/mol. The maximum Gasteiger partial charge on any atom is 0.290 e. The van der Waals surface area contributed by atoms with Crippen molar-refractivity contribution in [2.75, 3.05) is 6.54 Å². The van der Waals surface area contributed by atoms with Crippen molar-refractivity contribution in [2.24, 2.45) is 11.7 Å². The minimum Gasteiger partial charge on any atom is -0.490 e. The first-order valence-electron chi connectivity index (χ1n) is 5.69. The van der Waals surface area contributed by atoms with Gasteiger partial charge in [-0.1, -0.05) is 0 Å². The molecule has 0 heterocycles. The van der Waals surface area contributed by atoms with Gasteiger partial charge >= 0.3 is 0 Å². The molecule has 1 fully saturated rings. The molecule has 1 saturated carbocycles. The molecule has 0 radical (unpaired) electrons. The lowest BCUT2D eigenvalue weighted by molar-refractivity contribution is -0.385. The molecule has 6 nitrogen and oxygen atoms in total. The number of nitrogens with two attached hydrogens (primary N) is 1. The van der Waals surface area contributed by atoms with Crippen molar-refractivity contribution >= 4 is 5.69 Å². The second-order valence-electron chi connectivity index (χ2n) is 4.36. The van der Waals surface area contributed by atoms with E-state index < -0.39 is 4.92 Å². The highest BCUT2D eigenvalue weighted by molar-refractivity contribution is 5.52. The van der Waals surface area contributed by atoms with E-state index in [0.717, 1.165) is 12.8 Å². The van der Waals surface area contributed by atoms with Crippen molar-refractivity contribution in [1.82, 2.24) is 0 Å². The van der Waals surface area contributed by atoms with Gasteiger partial charge in [0.1, 0.15) is 17.4 Å². The van der Waals surface area contributed by atoms with E-state index in [0.29, 0.717) is 18.2 Å². The molecular formula is C12H13N3O3. The monoisotopic (exact) mass is 247 g/mol. The Kier molecular flexibility index (Phi) is 3.44. The molecule has 6 heteroatoms. The maximum atomic E-state index is 10.8. The molecule has 18 heavy (non-hydrogen) atoms. The number of nitro benzene ring substituents is 1. The van der Waals surface area contributed by atoms with Crippen molar-refractivity contribution in [3.8, 4) is 11.8 Å². The summed E-state index contributed by atoms with van der Waals surface area (Å²) in [6, 6.07) is 6.08. The summed E-state index contributed by atoms with van der Waals surface area (Å²) in [4.78, 5) is 10.2. The molecule has 0 saturated heterocycles. The molecule has 1 aromatic rings. The number of nitriles is 1. The molecule has 0 bridgehead atoms. The highest BCUT2D eigenvalue weighted by atomic mass is 16.6. The fourth-order valence-electron chi connectivity index (χ4n) is 1.99.